The molecular weight excluding hydrogens is 835 g/mol. The average molecular weight is 914 g/mol. The maximum atomic E-state index is 14.3. The molecule has 0 spiro atoms. The molecule has 5 N–H and O–H groups in total. The van der Waals surface area contributed by atoms with Gasteiger partial charge in [-0.2, -0.15) is 0 Å². The van der Waals surface area contributed by atoms with Crippen LogP contribution < -0.4 is 0 Å². The minimum Gasteiger partial charge on any atom is -0.460 e. The van der Waals surface area contributed by atoms with E-state index in [-0.39, 0.29) is 61.2 Å². The topological polar surface area (TPSA) is 217 Å². The summed E-state index contributed by atoms with van der Waals surface area (Å²) in [5.41, 5.74) is 1.21. The molecule has 5 unspecified atom stereocenters. The van der Waals surface area contributed by atoms with Crippen LogP contribution in [0.3, 0.4) is 0 Å². The monoisotopic (exact) mass is 914 g/mol. The highest BCUT2D eigenvalue weighted by Gasteiger charge is 2.53. The lowest BCUT2D eigenvalue weighted by atomic mass is 9.75. The normalized spacial score (nSPS) is 40.4. The van der Waals surface area contributed by atoms with Gasteiger partial charge in [0.2, 0.25) is 5.79 Å². The number of aliphatic hydroxyl groups excluding tert-OH is 4. The Morgan fingerprint density at radius 1 is 0.877 bits per heavy atom. The number of methoxy groups -OCH3 is 1. The average Bonchev–Trinajstić information content (AvgIpc) is 3.28. The molecule has 15 atom stereocenters. The van der Waals surface area contributed by atoms with E-state index in [9.17, 15) is 49.5 Å². The van der Waals surface area contributed by atoms with Gasteiger partial charge in [0.25, 0.3) is 11.7 Å². The zero-order chi connectivity index (χ0) is 48.2. The molecule has 4 rings (SSSR count). The number of cyclic esters (lactones) is 1. The first-order chi connectivity index (χ1) is 30.7. The van der Waals surface area contributed by atoms with Crippen LogP contribution in [0, 0.1) is 47.3 Å². The number of Topliss-reactive ketones (excluding diaryl/α,β-unsaturated/α-hetero) is 3. The Labute approximate surface area is 386 Å². The molecule has 0 aromatic carbocycles. The third kappa shape index (κ3) is 14.3. The van der Waals surface area contributed by atoms with Gasteiger partial charge in [-0.1, -0.05) is 71.1 Å². The number of nitrogens with zero attached hydrogens (tertiary/aromatic N) is 1. The van der Waals surface area contributed by atoms with Crippen LogP contribution >= 0.6 is 0 Å². The quantitative estimate of drug-likeness (QED) is 0.129. The number of carbonyl (C=O) groups excluding carboxylic acids is 5. The Balaban J connectivity index is 1.70. The summed E-state index contributed by atoms with van der Waals surface area (Å²) < 4.78 is 18.2. The molecular formula is C51H79NO13. The summed E-state index contributed by atoms with van der Waals surface area (Å²) in [4.78, 5) is 71.6. The van der Waals surface area contributed by atoms with Gasteiger partial charge in [-0.25, -0.2) is 4.79 Å². The molecule has 3 aliphatic heterocycles. The van der Waals surface area contributed by atoms with Gasteiger partial charge in [-0.3, -0.25) is 19.2 Å². The molecule has 0 aromatic rings. The molecule has 4 aliphatic rings. The Bertz CT molecular complexity index is 1760. The van der Waals surface area contributed by atoms with Crippen molar-refractivity contribution in [3.63, 3.8) is 0 Å². The van der Waals surface area contributed by atoms with Gasteiger partial charge < -0.3 is 44.6 Å². The van der Waals surface area contributed by atoms with Crippen LogP contribution in [0.2, 0.25) is 0 Å². The Morgan fingerprint density at radius 2 is 1.60 bits per heavy atom. The molecule has 1 amide bonds. The second-order valence-corrected chi connectivity index (χ2v) is 19.9. The van der Waals surface area contributed by atoms with Crippen molar-refractivity contribution in [2.75, 3.05) is 26.9 Å². The SMILES string of the molecule is CO[C@H]1CC2CC[C@@H](C)[C@@](O)(O2)C(=O)C(=O)N2CCCC[C@H]2C(=O)O[C@H](C(C)CC2CC[C@@H](O)[C@H](CO)C2)CC(=O)[C@H](C)/C=C(\C)[C@@H](O)C(CO)C(=O)[C@H](C)CC(C)/C=C/C=C/C=C/1C. The lowest BCUT2D eigenvalue weighted by Gasteiger charge is -2.42. The van der Waals surface area contributed by atoms with Crippen molar-refractivity contribution in [3.8, 4) is 0 Å². The minimum absolute atomic E-state index is 0.0117. The van der Waals surface area contributed by atoms with Crippen molar-refractivity contribution >= 4 is 29.2 Å². The molecule has 3 heterocycles. The van der Waals surface area contributed by atoms with E-state index in [0.29, 0.717) is 69.8 Å². The molecule has 14 heteroatoms. The van der Waals surface area contributed by atoms with E-state index < -0.39 is 90.3 Å². The summed E-state index contributed by atoms with van der Waals surface area (Å²) in [6.07, 6.45) is 12.1. The van der Waals surface area contributed by atoms with Crippen LogP contribution in [-0.2, 0) is 38.2 Å². The summed E-state index contributed by atoms with van der Waals surface area (Å²) in [6, 6.07) is -1.16. The van der Waals surface area contributed by atoms with E-state index in [1.807, 2.05) is 51.2 Å². The fourth-order valence-electron chi connectivity index (χ4n) is 10.3. The molecule has 0 radical (unpaired) electrons. The van der Waals surface area contributed by atoms with Gasteiger partial charge in [-0.15, -0.1) is 0 Å². The molecule has 65 heavy (non-hydrogen) atoms. The fourth-order valence-corrected chi connectivity index (χ4v) is 10.3. The van der Waals surface area contributed by atoms with Gasteiger partial charge >= 0.3 is 5.97 Å². The van der Waals surface area contributed by atoms with Crippen LogP contribution in [0.1, 0.15) is 126 Å². The Morgan fingerprint density at radius 3 is 2.28 bits per heavy atom. The molecule has 2 bridgehead atoms. The van der Waals surface area contributed by atoms with Gasteiger partial charge in [0.05, 0.1) is 36.9 Å². The predicted molar refractivity (Wildman–Crippen MR) is 245 cm³/mol. The molecule has 1 saturated carbocycles. The number of piperidine rings is 1. The first-order valence-corrected chi connectivity index (χ1v) is 24.1. The van der Waals surface area contributed by atoms with E-state index in [0.717, 1.165) is 5.57 Å². The van der Waals surface area contributed by atoms with Gasteiger partial charge in [-0.05, 0) is 107 Å². The number of esters is 1. The third-order valence-corrected chi connectivity index (χ3v) is 14.7. The molecule has 1 aliphatic carbocycles. The number of ether oxygens (including phenoxy) is 3. The van der Waals surface area contributed by atoms with Gasteiger partial charge in [0.1, 0.15) is 23.7 Å². The summed E-state index contributed by atoms with van der Waals surface area (Å²) in [6.45, 7) is 11.8. The fraction of sp³-hybridized carbons (Fsp3) is 0.745. The van der Waals surface area contributed by atoms with Crippen molar-refractivity contribution in [3.05, 3.63) is 47.6 Å². The standard InChI is InChI=1S/C51H79NO13/c1-30-14-10-9-11-15-31(2)44(63-8)26-39-19-17-36(7)51(62,65-39)48(59)49(60)52-21-13-12-16-41(52)50(61)64-45(33(4)24-37-18-20-42(55)38(25-37)28-53)27-43(56)32(3)23-35(6)47(58)40(29-54)46(57)34(5)22-30/h9-11,14-15,23,30,32-34,36-42,44-45,47,53-55,58,62H,12-13,16-22,24-29H2,1-8H3/b11-9+,14-10+,31-15+,35-23+/t30?,32-,33?,34-,36-,37?,38+,39?,40?,41+,42-,44+,45+,47-,51-/m1/s1. The maximum Gasteiger partial charge on any atom is 0.329 e. The summed E-state index contributed by atoms with van der Waals surface area (Å²) in [7, 11) is 1.57. The first-order valence-electron chi connectivity index (χ1n) is 24.1. The number of hydrogen-bond donors (Lipinski definition) is 5. The lowest BCUT2D eigenvalue weighted by molar-refractivity contribution is -0.265. The number of amides is 1. The minimum atomic E-state index is -2.44. The van der Waals surface area contributed by atoms with E-state index in [1.165, 1.54) is 4.90 Å². The second-order valence-electron chi connectivity index (χ2n) is 19.9. The summed E-state index contributed by atoms with van der Waals surface area (Å²) in [5, 5.41) is 54.0. The van der Waals surface area contributed by atoms with Crippen molar-refractivity contribution < 1.29 is 63.7 Å². The number of rotatable bonds is 6. The van der Waals surface area contributed by atoms with E-state index in [4.69, 9.17) is 14.2 Å². The zero-order valence-corrected chi connectivity index (χ0v) is 40.1. The highest BCUT2D eigenvalue weighted by Crippen LogP contribution is 2.38. The van der Waals surface area contributed by atoms with Crippen LogP contribution in [0.5, 0.6) is 0 Å². The number of aliphatic hydroxyl groups is 5. The largest absolute Gasteiger partial charge is 0.460 e. The predicted octanol–water partition coefficient (Wildman–Crippen LogP) is 5.37. The first kappa shape index (κ1) is 54.2. The number of hydrogen-bond acceptors (Lipinski definition) is 13. The Hall–Kier alpha value is -3.37. The van der Waals surface area contributed by atoms with Crippen molar-refractivity contribution in [2.24, 2.45) is 47.3 Å². The summed E-state index contributed by atoms with van der Waals surface area (Å²) >= 11 is 0. The number of fused-ring (bicyclic) bond motifs is 3. The van der Waals surface area contributed by atoms with Crippen molar-refractivity contribution in [1.82, 2.24) is 4.90 Å². The molecule has 366 valence electrons. The second kappa shape index (κ2) is 25.1. The molecule has 2 saturated heterocycles. The van der Waals surface area contributed by atoms with Crippen LogP contribution in [0.4, 0.5) is 0 Å². The molecule has 0 aromatic heterocycles. The number of allylic oxidation sites excluding steroid dienone is 6. The highest BCUT2D eigenvalue weighted by atomic mass is 16.6. The van der Waals surface area contributed by atoms with Crippen LogP contribution in [0.25, 0.3) is 0 Å². The van der Waals surface area contributed by atoms with Crippen LogP contribution in [0.15, 0.2) is 47.6 Å². The smallest absolute Gasteiger partial charge is 0.329 e. The lowest BCUT2D eigenvalue weighted by Crippen LogP contribution is -2.61. The molecule has 3 fully saturated rings. The zero-order valence-electron chi connectivity index (χ0n) is 40.1. The molecule has 14 nitrogen and oxygen atoms in total. The maximum absolute atomic E-state index is 14.3. The van der Waals surface area contributed by atoms with E-state index in [2.05, 4.69) is 0 Å². The van der Waals surface area contributed by atoms with Gasteiger partial charge in [0, 0.05) is 56.8 Å². The number of carbonyl (C=O) groups is 5. The van der Waals surface area contributed by atoms with Crippen molar-refractivity contribution in [2.45, 2.75) is 168 Å². The summed E-state index contributed by atoms with van der Waals surface area (Å²) in [5.74, 6) is -9.71. The van der Waals surface area contributed by atoms with E-state index in [1.54, 1.807) is 40.9 Å². The van der Waals surface area contributed by atoms with Gasteiger partial charge in [0.15, 0.2) is 0 Å². The Kier molecular flexibility index (Phi) is 21.0. The van der Waals surface area contributed by atoms with E-state index >= 15 is 0 Å². The number of ketones is 3. The van der Waals surface area contributed by atoms with Crippen LogP contribution in [-0.4, -0.2) is 129 Å². The third-order valence-electron chi connectivity index (χ3n) is 14.7. The highest BCUT2D eigenvalue weighted by molar-refractivity contribution is 6.39. The van der Waals surface area contributed by atoms with Crippen molar-refractivity contribution in [1.29, 1.82) is 0 Å².